The Kier molecular flexibility index (Phi) is 5.04. The van der Waals surface area contributed by atoms with E-state index >= 15 is 0 Å². The second-order valence-corrected chi connectivity index (χ2v) is 6.91. The van der Waals surface area contributed by atoms with Crippen LogP contribution in [0.5, 0.6) is 0 Å². The fourth-order valence-corrected chi connectivity index (χ4v) is 3.71. The highest BCUT2D eigenvalue weighted by Gasteiger charge is 2.49. The van der Waals surface area contributed by atoms with Crippen molar-refractivity contribution in [3.63, 3.8) is 0 Å². The summed E-state index contributed by atoms with van der Waals surface area (Å²) < 4.78 is 18.9. The number of carbonyl (C=O) groups excluding carboxylic acids is 2. The van der Waals surface area contributed by atoms with E-state index in [-0.39, 0.29) is 0 Å². The molecule has 0 unspecified atom stereocenters. The first kappa shape index (κ1) is 18.2. The molecule has 0 aliphatic carbocycles. The van der Waals surface area contributed by atoms with Gasteiger partial charge in [0.15, 0.2) is 23.2 Å². The van der Waals surface area contributed by atoms with Crippen LogP contribution in [0.2, 0.25) is 5.02 Å². The number of nitrogens with zero attached hydrogens (tertiary/aromatic N) is 2. The van der Waals surface area contributed by atoms with Gasteiger partial charge in [0.25, 0.3) is 0 Å². The molecule has 2 heterocycles. The summed E-state index contributed by atoms with van der Waals surface area (Å²) in [4.78, 5) is 27.4. The molecule has 2 aromatic rings. The molecule has 4 atom stereocenters. The molecule has 0 bridgehead atoms. The van der Waals surface area contributed by atoms with Crippen molar-refractivity contribution >= 4 is 50.5 Å². The average molecular weight is 432 g/mol. The van der Waals surface area contributed by atoms with Gasteiger partial charge in [0.1, 0.15) is 0 Å². The van der Waals surface area contributed by atoms with Gasteiger partial charge in [-0.05, 0) is 41.1 Å². The predicted octanol–water partition coefficient (Wildman–Crippen LogP) is 3.23. The molecule has 0 saturated carbocycles. The zero-order valence-electron chi connectivity index (χ0n) is 13.7. The summed E-state index contributed by atoms with van der Waals surface area (Å²) in [6.07, 6.45) is -2.73. The van der Waals surface area contributed by atoms with Crippen LogP contribution in [-0.2, 0) is 23.8 Å². The molecule has 1 fully saturated rings. The number of rotatable bonds is 3. The number of benzene rings is 1. The van der Waals surface area contributed by atoms with Gasteiger partial charge in [0.05, 0.1) is 17.1 Å². The number of halogens is 2. The normalized spacial score (nSPS) is 26.0. The minimum atomic E-state index is -0.816. The van der Waals surface area contributed by atoms with E-state index in [0.717, 1.165) is 0 Å². The van der Waals surface area contributed by atoms with Gasteiger partial charge in [-0.15, -0.1) is 0 Å². The van der Waals surface area contributed by atoms with E-state index in [1.54, 1.807) is 29.7 Å². The van der Waals surface area contributed by atoms with Crippen molar-refractivity contribution in [3.05, 3.63) is 28.0 Å². The quantitative estimate of drug-likeness (QED) is 0.694. The van der Waals surface area contributed by atoms with Crippen molar-refractivity contribution in [1.82, 2.24) is 9.55 Å². The molecule has 1 aliphatic rings. The van der Waals surface area contributed by atoms with Gasteiger partial charge in [-0.2, -0.15) is 0 Å². The number of fused-ring (bicyclic) bond motifs is 1. The Labute approximate surface area is 157 Å². The fraction of sp³-hybridized carbons (Fsp3) is 0.438. The maximum absolute atomic E-state index is 11.6. The zero-order valence-corrected chi connectivity index (χ0v) is 16.1. The third kappa shape index (κ3) is 3.51. The van der Waals surface area contributed by atoms with Gasteiger partial charge in [0.2, 0.25) is 0 Å². The van der Waals surface area contributed by atoms with Gasteiger partial charge in [-0.1, -0.05) is 11.6 Å². The molecule has 0 N–H and O–H groups in total. The molecular formula is C16H16BrClN2O5. The molecule has 1 aliphatic heterocycles. The van der Waals surface area contributed by atoms with Crippen molar-refractivity contribution in [1.29, 1.82) is 0 Å². The molecule has 134 valence electrons. The number of aromatic nitrogens is 2. The van der Waals surface area contributed by atoms with Gasteiger partial charge in [-0.3, -0.25) is 14.2 Å². The van der Waals surface area contributed by atoms with Crippen LogP contribution in [0.25, 0.3) is 11.0 Å². The van der Waals surface area contributed by atoms with Crippen LogP contribution in [0.1, 0.15) is 27.0 Å². The summed E-state index contributed by atoms with van der Waals surface area (Å²) in [5.74, 6) is -0.973. The number of hydrogen-bond acceptors (Lipinski definition) is 6. The van der Waals surface area contributed by atoms with Crippen molar-refractivity contribution in [2.45, 2.75) is 45.3 Å². The summed E-state index contributed by atoms with van der Waals surface area (Å²) in [6.45, 7) is 4.35. The SMILES string of the molecule is CC(=O)O[C@@H]1[C@H](OC(C)=O)[C@@H](C)O[C@H]1n1c(Br)nc2ccc(Cl)cc21. The zero-order chi connectivity index (χ0) is 18.3. The van der Waals surface area contributed by atoms with Crippen molar-refractivity contribution in [2.75, 3.05) is 0 Å². The van der Waals surface area contributed by atoms with E-state index < -0.39 is 36.5 Å². The Morgan fingerprint density at radius 3 is 2.52 bits per heavy atom. The smallest absolute Gasteiger partial charge is 0.303 e. The first-order chi connectivity index (χ1) is 11.8. The van der Waals surface area contributed by atoms with Gasteiger partial charge in [0, 0.05) is 18.9 Å². The number of hydrogen-bond donors (Lipinski definition) is 0. The topological polar surface area (TPSA) is 79.6 Å². The molecule has 0 spiro atoms. The van der Waals surface area contributed by atoms with E-state index in [4.69, 9.17) is 25.8 Å². The fourth-order valence-electron chi connectivity index (χ4n) is 2.96. The monoisotopic (exact) mass is 430 g/mol. The van der Waals surface area contributed by atoms with Crippen molar-refractivity contribution < 1.29 is 23.8 Å². The lowest BCUT2D eigenvalue weighted by Crippen LogP contribution is -2.38. The Bertz CT molecular complexity index is 839. The average Bonchev–Trinajstić information content (AvgIpc) is 2.96. The molecule has 1 aromatic carbocycles. The lowest BCUT2D eigenvalue weighted by atomic mass is 10.1. The second kappa shape index (κ2) is 6.93. The third-order valence-electron chi connectivity index (χ3n) is 3.89. The summed E-state index contributed by atoms with van der Waals surface area (Å²) in [5.41, 5.74) is 1.40. The summed E-state index contributed by atoms with van der Waals surface area (Å²) in [7, 11) is 0. The van der Waals surface area contributed by atoms with Crippen molar-refractivity contribution in [2.24, 2.45) is 0 Å². The highest BCUT2D eigenvalue weighted by Crippen LogP contribution is 2.38. The highest BCUT2D eigenvalue weighted by molar-refractivity contribution is 9.10. The predicted molar refractivity (Wildman–Crippen MR) is 93.1 cm³/mol. The van der Waals surface area contributed by atoms with Crippen molar-refractivity contribution in [3.8, 4) is 0 Å². The first-order valence-corrected chi connectivity index (χ1v) is 8.78. The lowest BCUT2D eigenvalue weighted by Gasteiger charge is -2.24. The Morgan fingerprint density at radius 2 is 1.88 bits per heavy atom. The number of carbonyl (C=O) groups is 2. The molecule has 9 heteroatoms. The number of esters is 2. The minimum Gasteiger partial charge on any atom is -0.456 e. The molecule has 7 nitrogen and oxygen atoms in total. The van der Waals surface area contributed by atoms with Gasteiger partial charge >= 0.3 is 11.9 Å². The second-order valence-electron chi connectivity index (χ2n) is 5.76. The van der Waals surface area contributed by atoms with Gasteiger partial charge in [-0.25, -0.2) is 4.98 Å². The van der Waals surface area contributed by atoms with E-state index in [1.807, 2.05) is 0 Å². The van der Waals surface area contributed by atoms with Crippen LogP contribution in [0.15, 0.2) is 22.9 Å². The van der Waals surface area contributed by atoms with Crippen LogP contribution in [0.3, 0.4) is 0 Å². The highest BCUT2D eigenvalue weighted by atomic mass is 79.9. The van der Waals surface area contributed by atoms with Crippen LogP contribution in [0, 0.1) is 0 Å². The largest absolute Gasteiger partial charge is 0.456 e. The van der Waals surface area contributed by atoms with E-state index in [2.05, 4.69) is 20.9 Å². The number of imidazole rings is 1. The molecule has 25 heavy (non-hydrogen) atoms. The molecule has 0 amide bonds. The summed E-state index contributed by atoms with van der Waals surface area (Å²) >= 11 is 9.51. The lowest BCUT2D eigenvalue weighted by molar-refractivity contribution is -0.165. The molecular weight excluding hydrogens is 416 g/mol. The Hall–Kier alpha value is -1.64. The first-order valence-electron chi connectivity index (χ1n) is 7.61. The van der Waals surface area contributed by atoms with Crippen LogP contribution >= 0.6 is 27.5 Å². The van der Waals surface area contributed by atoms with Gasteiger partial charge < -0.3 is 14.2 Å². The van der Waals surface area contributed by atoms with E-state index in [0.29, 0.717) is 20.8 Å². The Morgan fingerprint density at radius 1 is 1.24 bits per heavy atom. The van der Waals surface area contributed by atoms with E-state index in [1.165, 1.54) is 13.8 Å². The maximum Gasteiger partial charge on any atom is 0.303 e. The minimum absolute atomic E-state index is 0.471. The Balaban J connectivity index is 2.08. The summed E-state index contributed by atoms with van der Waals surface area (Å²) in [5, 5.41) is 0.535. The molecule has 1 aromatic heterocycles. The molecule has 3 rings (SSSR count). The van der Waals surface area contributed by atoms with Crippen LogP contribution in [-0.4, -0.2) is 39.8 Å². The summed E-state index contributed by atoms with van der Waals surface area (Å²) in [6, 6.07) is 5.26. The molecule has 1 saturated heterocycles. The maximum atomic E-state index is 11.6. The standard InChI is InChI=1S/C16H16BrClN2O5/c1-7-13(24-8(2)21)14(25-9(3)22)15(23-7)20-12-6-10(18)4-5-11(12)19-16(20)17/h4-7,13-15H,1-3H3/t7-,13-,14-,15-/m1/s1. The van der Waals surface area contributed by atoms with Crippen LogP contribution in [0.4, 0.5) is 0 Å². The number of ether oxygens (including phenoxy) is 3. The van der Waals surface area contributed by atoms with E-state index in [9.17, 15) is 9.59 Å². The third-order valence-corrected chi connectivity index (χ3v) is 4.68. The molecule has 0 radical (unpaired) electrons. The van der Waals surface area contributed by atoms with Crippen LogP contribution < -0.4 is 0 Å².